The number of rotatable bonds is 3. The molecule has 1 nitrogen and oxygen atoms in total. The highest BCUT2D eigenvalue weighted by atomic mass is 14.7. The first-order valence-electron chi connectivity index (χ1n) is 17.7. The summed E-state index contributed by atoms with van der Waals surface area (Å²) in [5.74, 6) is 0. The molecule has 0 saturated carbocycles. The minimum Gasteiger partial charge on any atom is -0.256 e. The van der Waals surface area contributed by atoms with E-state index in [-0.39, 0.29) is 10.8 Å². The third-order valence-electron chi connectivity index (χ3n) is 11.7. The van der Waals surface area contributed by atoms with E-state index in [1.54, 1.807) is 0 Å². The molecule has 0 aliphatic heterocycles. The normalized spacial score (nSPS) is 14.7. The van der Waals surface area contributed by atoms with Crippen LogP contribution >= 0.6 is 0 Å². The lowest BCUT2D eigenvalue weighted by atomic mass is 9.80. The topological polar surface area (TPSA) is 12.9 Å². The van der Waals surface area contributed by atoms with Crippen molar-refractivity contribution in [3.8, 4) is 55.8 Å². The van der Waals surface area contributed by atoms with Crippen LogP contribution in [0.4, 0.5) is 0 Å². The van der Waals surface area contributed by atoms with E-state index < -0.39 is 0 Å². The fourth-order valence-electron chi connectivity index (χ4n) is 9.20. The number of nitrogens with zero attached hydrogens (tertiary/aromatic N) is 1. The van der Waals surface area contributed by atoms with Crippen molar-refractivity contribution in [1.29, 1.82) is 0 Å². The number of pyridine rings is 1. The molecule has 10 rings (SSSR count). The Labute approximate surface area is 293 Å². The van der Waals surface area contributed by atoms with E-state index >= 15 is 0 Å². The average Bonchev–Trinajstić information content (AvgIpc) is 3.53. The van der Waals surface area contributed by atoms with Crippen LogP contribution in [0.3, 0.4) is 0 Å². The summed E-state index contributed by atoms with van der Waals surface area (Å²) in [5.41, 5.74) is 18.0. The zero-order valence-electron chi connectivity index (χ0n) is 28.9. The maximum absolute atomic E-state index is 4.90. The summed E-state index contributed by atoms with van der Waals surface area (Å²) in [7, 11) is 0. The third-order valence-corrected chi connectivity index (χ3v) is 11.7. The monoisotopic (exact) mass is 639 g/mol. The molecule has 0 N–H and O–H groups in total. The molecule has 0 unspecified atom stereocenters. The second-order valence-corrected chi connectivity index (χ2v) is 15.1. The molecule has 238 valence electrons. The number of aromatic nitrogens is 1. The molecule has 1 heterocycles. The van der Waals surface area contributed by atoms with Crippen molar-refractivity contribution < 1.29 is 0 Å². The van der Waals surface area contributed by atoms with Crippen molar-refractivity contribution in [1.82, 2.24) is 4.98 Å². The Kier molecular flexibility index (Phi) is 6.04. The second kappa shape index (κ2) is 10.4. The van der Waals surface area contributed by atoms with E-state index in [9.17, 15) is 0 Å². The highest BCUT2D eigenvalue weighted by Gasteiger charge is 2.36. The standard InChI is InChI=1S/C49H37N/c1-48(2)41-17-9-7-13-33(41)35-23-20-31(28-43(35)48)30-21-25-39-40(27-30)46(37-15-5-6-16-38(37)47(39)45-19-11-12-26-50-45)32-22-24-36-34-14-8-10-18-42(34)49(3,4)44(36)29-32/h5-29H,1-4H3. The van der Waals surface area contributed by atoms with Crippen LogP contribution in [0, 0.1) is 0 Å². The van der Waals surface area contributed by atoms with E-state index in [1.807, 2.05) is 12.3 Å². The van der Waals surface area contributed by atoms with Crippen molar-refractivity contribution in [3.63, 3.8) is 0 Å². The molecule has 50 heavy (non-hydrogen) atoms. The van der Waals surface area contributed by atoms with Crippen LogP contribution in [-0.2, 0) is 10.8 Å². The molecule has 0 fully saturated rings. The van der Waals surface area contributed by atoms with Gasteiger partial charge in [-0.05, 0) is 119 Å². The molecule has 2 aliphatic rings. The Morgan fingerprint density at radius 3 is 1.48 bits per heavy atom. The van der Waals surface area contributed by atoms with Gasteiger partial charge in [0.1, 0.15) is 0 Å². The zero-order valence-corrected chi connectivity index (χ0v) is 28.9. The minimum absolute atomic E-state index is 0.0545. The molecule has 8 aromatic rings. The van der Waals surface area contributed by atoms with Gasteiger partial charge in [-0.1, -0.05) is 143 Å². The minimum atomic E-state index is -0.0819. The van der Waals surface area contributed by atoms with Gasteiger partial charge in [0.25, 0.3) is 0 Å². The number of fused-ring (bicyclic) bond motifs is 8. The fourth-order valence-corrected chi connectivity index (χ4v) is 9.20. The summed E-state index contributed by atoms with van der Waals surface area (Å²) in [6.45, 7) is 9.46. The molecule has 2 aliphatic carbocycles. The Hall–Kier alpha value is -5.79. The SMILES string of the molecule is CC1(C)c2ccccc2-c2ccc(-c3ccc4c(-c5ccccn5)c5ccccc5c(-c5ccc6c(c5)C(C)(C)c5ccccc5-6)c4c3)cc21. The van der Waals surface area contributed by atoms with Crippen LogP contribution < -0.4 is 0 Å². The average molecular weight is 640 g/mol. The molecule has 7 aromatic carbocycles. The van der Waals surface area contributed by atoms with E-state index in [1.165, 1.54) is 93.9 Å². The van der Waals surface area contributed by atoms with Gasteiger partial charge in [0, 0.05) is 22.6 Å². The Morgan fingerprint density at radius 2 is 0.840 bits per heavy atom. The van der Waals surface area contributed by atoms with E-state index in [2.05, 4.69) is 167 Å². The van der Waals surface area contributed by atoms with E-state index in [0.29, 0.717) is 0 Å². The maximum Gasteiger partial charge on any atom is 0.0714 e. The van der Waals surface area contributed by atoms with Crippen molar-refractivity contribution in [2.24, 2.45) is 0 Å². The summed E-state index contributed by atoms with van der Waals surface area (Å²) < 4.78 is 0. The summed E-state index contributed by atoms with van der Waals surface area (Å²) in [4.78, 5) is 4.90. The van der Waals surface area contributed by atoms with Crippen molar-refractivity contribution in [2.45, 2.75) is 38.5 Å². The highest BCUT2D eigenvalue weighted by Crippen LogP contribution is 2.52. The Morgan fingerprint density at radius 1 is 0.360 bits per heavy atom. The molecule has 0 atom stereocenters. The first-order valence-corrected chi connectivity index (χ1v) is 17.7. The van der Waals surface area contributed by atoms with Gasteiger partial charge in [-0.3, -0.25) is 4.98 Å². The molecule has 0 spiro atoms. The lowest BCUT2D eigenvalue weighted by Gasteiger charge is -2.23. The van der Waals surface area contributed by atoms with Gasteiger partial charge in [-0.25, -0.2) is 0 Å². The summed E-state index contributed by atoms with van der Waals surface area (Å²) in [6.07, 6.45) is 1.91. The molecule has 1 aromatic heterocycles. The van der Waals surface area contributed by atoms with Crippen LogP contribution in [0.1, 0.15) is 49.9 Å². The van der Waals surface area contributed by atoms with Crippen molar-refractivity contribution >= 4 is 21.5 Å². The van der Waals surface area contributed by atoms with E-state index in [4.69, 9.17) is 4.98 Å². The maximum atomic E-state index is 4.90. The van der Waals surface area contributed by atoms with Gasteiger partial charge < -0.3 is 0 Å². The van der Waals surface area contributed by atoms with Gasteiger partial charge in [-0.15, -0.1) is 0 Å². The van der Waals surface area contributed by atoms with Crippen molar-refractivity contribution in [2.75, 3.05) is 0 Å². The van der Waals surface area contributed by atoms with E-state index in [0.717, 1.165) is 5.69 Å². The summed E-state index contributed by atoms with van der Waals surface area (Å²) in [6, 6.07) is 54.3. The van der Waals surface area contributed by atoms with Gasteiger partial charge in [0.2, 0.25) is 0 Å². The number of hydrogen-bond acceptors (Lipinski definition) is 1. The molecule has 0 saturated heterocycles. The number of hydrogen-bond donors (Lipinski definition) is 0. The van der Waals surface area contributed by atoms with Crippen LogP contribution in [0.25, 0.3) is 77.3 Å². The van der Waals surface area contributed by atoms with Crippen LogP contribution in [0.2, 0.25) is 0 Å². The smallest absolute Gasteiger partial charge is 0.0714 e. The van der Waals surface area contributed by atoms with Gasteiger partial charge in [0.05, 0.1) is 5.69 Å². The predicted octanol–water partition coefficient (Wildman–Crippen LogP) is 13.0. The Bertz CT molecular complexity index is 2690. The first-order chi connectivity index (χ1) is 24.3. The molecular formula is C49H37N. The van der Waals surface area contributed by atoms with Crippen LogP contribution in [0.5, 0.6) is 0 Å². The van der Waals surface area contributed by atoms with Gasteiger partial charge in [0.15, 0.2) is 0 Å². The zero-order chi connectivity index (χ0) is 33.8. The first kappa shape index (κ1) is 29.2. The van der Waals surface area contributed by atoms with Gasteiger partial charge in [-0.2, -0.15) is 0 Å². The predicted molar refractivity (Wildman–Crippen MR) is 211 cm³/mol. The highest BCUT2D eigenvalue weighted by molar-refractivity contribution is 6.21. The third kappa shape index (κ3) is 3.98. The quantitative estimate of drug-likeness (QED) is 0.175. The molecule has 0 radical (unpaired) electrons. The van der Waals surface area contributed by atoms with Crippen LogP contribution in [0.15, 0.2) is 152 Å². The molecular weight excluding hydrogens is 603 g/mol. The summed E-state index contributed by atoms with van der Waals surface area (Å²) >= 11 is 0. The largest absolute Gasteiger partial charge is 0.256 e. The second-order valence-electron chi connectivity index (χ2n) is 15.1. The lowest BCUT2D eigenvalue weighted by Crippen LogP contribution is -2.14. The van der Waals surface area contributed by atoms with Crippen molar-refractivity contribution in [3.05, 3.63) is 174 Å². The fraction of sp³-hybridized carbons (Fsp3) is 0.122. The number of benzene rings is 7. The molecule has 0 bridgehead atoms. The molecule has 0 amide bonds. The van der Waals surface area contributed by atoms with Gasteiger partial charge >= 0.3 is 0 Å². The summed E-state index contributed by atoms with van der Waals surface area (Å²) in [5, 5.41) is 4.94. The van der Waals surface area contributed by atoms with Crippen LogP contribution in [-0.4, -0.2) is 4.98 Å². The molecule has 1 heteroatoms. The Balaban J connectivity index is 1.25. The lowest BCUT2D eigenvalue weighted by molar-refractivity contribution is 0.660.